The number of aromatic nitrogens is 1. The van der Waals surface area contributed by atoms with Gasteiger partial charge in [-0.15, -0.1) is 11.3 Å². The molecule has 1 amide bonds. The number of hydrogen-bond donors (Lipinski definition) is 3. The Labute approximate surface area is 211 Å². The highest BCUT2D eigenvalue weighted by molar-refractivity contribution is 7.89. The van der Waals surface area contributed by atoms with Crippen LogP contribution in [0.3, 0.4) is 0 Å². The number of halogens is 1. The van der Waals surface area contributed by atoms with E-state index in [1.165, 1.54) is 23.8 Å². The van der Waals surface area contributed by atoms with Crippen LogP contribution >= 0.6 is 22.9 Å². The standard InChI is InChI=1S/C24H34ClN3O4S2/c1-14-16(10-11-18(19(14)25)34(31,32)28-23(2,3)4)20-17(12-15-8-7-9-15)27-22(33-20)21(29)26-13-24(5,6)30/h10-11,15,28,30H,7-9,12-13H2,1-6H3,(H,26,29). The van der Waals surface area contributed by atoms with Crippen molar-refractivity contribution in [3.63, 3.8) is 0 Å². The van der Waals surface area contributed by atoms with Gasteiger partial charge in [0, 0.05) is 12.1 Å². The van der Waals surface area contributed by atoms with Crippen LogP contribution in [0.4, 0.5) is 0 Å². The molecule has 0 unspecified atom stereocenters. The number of amides is 1. The van der Waals surface area contributed by atoms with Crippen LogP contribution in [0.25, 0.3) is 10.4 Å². The van der Waals surface area contributed by atoms with Crippen LogP contribution < -0.4 is 10.0 Å². The Hall–Kier alpha value is -1.52. The van der Waals surface area contributed by atoms with Crippen molar-refractivity contribution in [1.29, 1.82) is 0 Å². The van der Waals surface area contributed by atoms with E-state index in [1.54, 1.807) is 47.6 Å². The second-order valence-corrected chi connectivity index (χ2v) is 13.7. The van der Waals surface area contributed by atoms with Crippen LogP contribution in [0.1, 0.15) is 74.9 Å². The number of nitrogens with zero attached hydrogens (tertiary/aromatic N) is 1. The molecule has 1 saturated carbocycles. The van der Waals surface area contributed by atoms with Crippen molar-refractivity contribution >= 4 is 38.9 Å². The molecule has 1 aliphatic rings. The average molecular weight is 528 g/mol. The highest BCUT2D eigenvalue weighted by Gasteiger charge is 2.29. The molecule has 0 atom stereocenters. The van der Waals surface area contributed by atoms with Gasteiger partial charge >= 0.3 is 0 Å². The summed E-state index contributed by atoms with van der Waals surface area (Å²) < 4.78 is 28.4. The molecule has 1 fully saturated rings. The van der Waals surface area contributed by atoms with E-state index in [9.17, 15) is 18.3 Å². The van der Waals surface area contributed by atoms with E-state index < -0.39 is 21.2 Å². The zero-order chi connectivity index (χ0) is 25.5. The van der Waals surface area contributed by atoms with Gasteiger partial charge in [0.1, 0.15) is 4.90 Å². The monoisotopic (exact) mass is 527 g/mol. The summed E-state index contributed by atoms with van der Waals surface area (Å²) in [6.45, 7) is 10.5. The van der Waals surface area contributed by atoms with E-state index in [0.29, 0.717) is 16.5 Å². The Morgan fingerprint density at radius 2 is 1.88 bits per heavy atom. The second-order valence-electron chi connectivity index (χ2n) is 10.7. The maximum Gasteiger partial charge on any atom is 0.280 e. The number of benzene rings is 1. The van der Waals surface area contributed by atoms with Crippen LogP contribution in [-0.4, -0.2) is 42.1 Å². The summed E-state index contributed by atoms with van der Waals surface area (Å²) in [4.78, 5) is 18.2. The minimum atomic E-state index is -3.81. The lowest BCUT2D eigenvalue weighted by Crippen LogP contribution is -2.40. The van der Waals surface area contributed by atoms with E-state index in [1.807, 2.05) is 0 Å². The lowest BCUT2D eigenvalue weighted by atomic mass is 9.81. The largest absolute Gasteiger partial charge is 0.389 e. The molecule has 0 aliphatic heterocycles. The maximum atomic E-state index is 12.9. The number of thiazole rings is 1. The fourth-order valence-electron chi connectivity index (χ4n) is 3.71. The Bertz CT molecular complexity index is 1170. The summed E-state index contributed by atoms with van der Waals surface area (Å²) >= 11 is 7.85. The minimum Gasteiger partial charge on any atom is -0.389 e. The van der Waals surface area contributed by atoms with Crippen LogP contribution in [-0.2, 0) is 16.4 Å². The molecular formula is C24H34ClN3O4S2. The molecule has 3 N–H and O–H groups in total. The van der Waals surface area contributed by atoms with Gasteiger partial charge in [0.25, 0.3) is 5.91 Å². The summed E-state index contributed by atoms with van der Waals surface area (Å²) in [7, 11) is -3.81. The number of sulfonamides is 1. The third-order valence-corrected chi connectivity index (χ3v) is 9.13. The van der Waals surface area contributed by atoms with Crippen molar-refractivity contribution in [2.24, 2.45) is 5.92 Å². The lowest BCUT2D eigenvalue weighted by molar-refractivity contribution is 0.0694. The van der Waals surface area contributed by atoms with Gasteiger partial charge in [0.2, 0.25) is 10.0 Å². The molecular weight excluding hydrogens is 494 g/mol. The quantitative estimate of drug-likeness (QED) is 0.461. The fourth-order valence-corrected chi connectivity index (χ4v) is 6.83. The first-order valence-electron chi connectivity index (χ1n) is 11.4. The molecule has 0 spiro atoms. The van der Waals surface area contributed by atoms with Crippen molar-refractivity contribution < 1.29 is 18.3 Å². The molecule has 10 heteroatoms. The normalized spacial score (nSPS) is 15.3. The van der Waals surface area contributed by atoms with Crippen molar-refractivity contribution in [3.8, 4) is 10.4 Å². The summed E-state index contributed by atoms with van der Waals surface area (Å²) in [6, 6.07) is 3.26. The first-order valence-corrected chi connectivity index (χ1v) is 14.1. The number of carbonyl (C=O) groups excluding carboxylic acids is 1. The predicted octanol–water partition coefficient (Wildman–Crippen LogP) is 4.69. The zero-order valence-electron chi connectivity index (χ0n) is 20.6. The molecule has 1 aromatic carbocycles. The number of nitrogens with one attached hydrogen (secondary N) is 2. The van der Waals surface area contributed by atoms with Gasteiger partial charge in [0.05, 0.1) is 21.2 Å². The first-order chi connectivity index (χ1) is 15.6. The summed E-state index contributed by atoms with van der Waals surface area (Å²) in [5.74, 6) is 0.185. The van der Waals surface area contributed by atoms with Gasteiger partial charge in [-0.2, -0.15) is 0 Å². The first kappa shape index (κ1) is 27.1. The molecule has 0 saturated heterocycles. The van der Waals surface area contributed by atoms with E-state index in [0.717, 1.165) is 35.4 Å². The van der Waals surface area contributed by atoms with Crippen LogP contribution in [0.2, 0.25) is 5.02 Å². The molecule has 3 rings (SSSR count). The molecule has 7 nitrogen and oxygen atoms in total. The Morgan fingerprint density at radius 1 is 1.24 bits per heavy atom. The number of carbonyl (C=O) groups is 1. The van der Waals surface area contributed by atoms with Crippen molar-refractivity contribution in [1.82, 2.24) is 15.0 Å². The maximum absolute atomic E-state index is 12.9. The highest BCUT2D eigenvalue weighted by atomic mass is 35.5. The van der Waals surface area contributed by atoms with E-state index in [4.69, 9.17) is 11.6 Å². The molecule has 1 heterocycles. The third kappa shape index (κ3) is 6.57. The van der Waals surface area contributed by atoms with Crippen molar-refractivity contribution in [2.45, 2.75) is 83.3 Å². The molecule has 0 radical (unpaired) electrons. The molecule has 1 aromatic heterocycles. The van der Waals surface area contributed by atoms with E-state index in [2.05, 4.69) is 15.0 Å². The smallest absolute Gasteiger partial charge is 0.280 e. The molecule has 34 heavy (non-hydrogen) atoms. The van der Waals surface area contributed by atoms with Crippen molar-refractivity contribution in [2.75, 3.05) is 6.54 Å². The summed E-state index contributed by atoms with van der Waals surface area (Å²) in [5, 5.41) is 13.1. The van der Waals surface area contributed by atoms with Gasteiger partial charge in [0.15, 0.2) is 5.01 Å². The van der Waals surface area contributed by atoms with Crippen LogP contribution in [0.15, 0.2) is 17.0 Å². The number of hydrogen-bond acceptors (Lipinski definition) is 6. The summed E-state index contributed by atoms with van der Waals surface area (Å²) in [6.07, 6.45) is 4.22. The van der Waals surface area contributed by atoms with E-state index in [-0.39, 0.29) is 22.4 Å². The minimum absolute atomic E-state index is 0.0264. The van der Waals surface area contributed by atoms with Gasteiger partial charge in [-0.3, -0.25) is 4.79 Å². The molecule has 1 aliphatic carbocycles. The topological polar surface area (TPSA) is 108 Å². The van der Waals surface area contributed by atoms with Gasteiger partial charge in [-0.25, -0.2) is 18.1 Å². The third-order valence-electron chi connectivity index (χ3n) is 5.61. The van der Waals surface area contributed by atoms with E-state index >= 15 is 0 Å². The molecule has 188 valence electrons. The fraction of sp³-hybridized carbons (Fsp3) is 0.583. The van der Waals surface area contributed by atoms with Gasteiger partial charge in [-0.05, 0) is 71.1 Å². The molecule has 0 bridgehead atoms. The highest BCUT2D eigenvalue weighted by Crippen LogP contribution is 2.40. The second kappa shape index (κ2) is 9.85. The SMILES string of the molecule is Cc1c(-c2sc(C(=O)NCC(C)(C)O)nc2CC2CCC2)ccc(S(=O)(=O)NC(C)(C)C)c1Cl. The number of aliphatic hydroxyl groups is 1. The van der Waals surface area contributed by atoms with Gasteiger partial charge in [-0.1, -0.05) is 36.9 Å². The molecule has 2 aromatic rings. The predicted molar refractivity (Wildman–Crippen MR) is 137 cm³/mol. The Balaban J connectivity index is 2.01. The van der Waals surface area contributed by atoms with Crippen LogP contribution in [0.5, 0.6) is 0 Å². The zero-order valence-corrected chi connectivity index (χ0v) is 23.0. The van der Waals surface area contributed by atoms with Crippen molar-refractivity contribution in [3.05, 3.63) is 33.4 Å². The lowest BCUT2D eigenvalue weighted by Gasteiger charge is -2.25. The van der Waals surface area contributed by atoms with Gasteiger partial charge < -0.3 is 10.4 Å². The Morgan fingerprint density at radius 3 is 2.41 bits per heavy atom. The number of rotatable bonds is 8. The van der Waals surface area contributed by atoms with Crippen LogP contribution in [0, 0.1) is 12.8 Å². The summed E-state index contributed by atoms with van der Waals surface area (Å²) in [5.41, 5.74) is 0.546. The average Bonchev–Trinajstić information content (AvgIpc) is 3.06. The Kier molecular flexibility index (Phi) is 7.85.